The third-order valence-electron chi connectivity index (χ3n) is 2.27. The Hall–Kier alpha value is -1.38. The molecule has 0 atom stereocenters. The second-order valence-corrected chi connectivity index (χ2v) is 7.08. The molecule has 0 aliphatic heterocycles. The average molecular weight is 286 g/mol. The molecule has 3 N–H and O–H groups in total. The van der Waals surface area contributed by atoms with Gasteiger partial charge >= 0.3 is 0 Å². The van der Waals surface area contributed by atoms with Crippen molar-refractivity contribution < 1.29 is 8.42 Å². The van der Waals surface area contributed by atoms with Crippen molar-refractivity contribution in [2.75, 3.05) is 12.3 Å². The van der Waals surface area contributed by atoms with E-state index < -0.39 is 10.0 Å². The van der Waals surface area contributed by atoms with Gasteiger partial charge < -0.3 is 5.73 Å². The van der Waals surface area contributed by atoms with Crippen LogP contribution >= 0.6 is 11.3 Å². The molecule has 2 rings (SSSR count). The first-order valence-electron chi connectivity index (χ1n) is 5.31. The number of hydrogen-bond donors (Lipinski definition) is 2. The summed E-state index contributed by atoms with van der Waals surface area (Å²) in [7, 11) is -3.41. The van der Waals surface area contributed by atoms with Gasteiger partial charge in [-0.2, -0.15) is 5.10 Å². The first-order chi connectivity index (χ1) is 8.47. The topological polar surface area (TPSA) is 90.0 Å². The summed E-state index contributed by atoms with van der Waals surface area (Å²) in [4.78, 5) is 0.968. The van der Waals surface area contributed by atoms with Gasteiger partial charge in [-0.1, -0.05) is 0 Å². The van der Waals surface area contributed by atoms with E-state index in [1.165, 1.54) is 17.5 Å². The summed E-state index contributed by atoms with van der Waals surface area (Å²) in [6.45, 7) is 2.59. The highest BCUT2D eigenvalue weighted by atomic mass is 32.2. The van der Waals surface area contributed by atoms with Crippen LogP contribution in [0.5, 0.6) is 0 Å². The second kappa shape index (κ2) is 5.09. The summed E-state index contributed by atoms with van der Waals surface area (Å²) >= 11 is 1.25. The molecule has 0 unspecified atom stereocenters. The van der Waals surface area contributed by atoms with Crippen LogP contribution < -0.4 is 10.5 Å². The zero-order valence-electron chi connectivity index (χ0n) is 9.83. The fourth-order valence-corrected chi connectivity index (χ4v) is 3.77. The summed E-state index contributed by atoms with van der Waals surface area (Å²) in [5, 5.41) is 3.97. The van der Waals surface area contributed by atoms with Gasteiger partial charge in [-0.05, 0) is 19.1 Å². The highest BCUT2D eigenvalue weighted by Crippen LogP contribution is 2.19. The van der Waals surface area contributed by atoms with Gasteiger partial charge in [-0.15, -0.1) is 11.3 Å². The van der Waals surface area contributed by atoms with E-state index in [2.05, 4.69) is 9.82 Å². The van der Waals surface area contributed by atoms with Crippen molar-refractivity contribution in [3.8, 4) is 0 Å². The number of rotatable bonds is 5. The molecule has 0 aromatic carbocycles. The maximum absolute atomic E-state index is 11.9. The molecule has 18 heavy (non-hydrogen) atoms. The first kappa shape index (κ1) is 13.1. The Bertz CT molecular complexity index is 630. The van der Waals surface area contributed by atoms with Crippen molar-refractivity contribution in [1.82, 2.24) is 14.5 Å². The fourth-order valence-electron chi connectivity index (χ4n) is 1.42. The number of aromatic nitrogens is 2. The molecule has 2 aromatic rings. The van der Waals surface area contributed by atoms with E-state index in [0.29, 0.717) is 16.4 Å². The number of sulfonamides is 1. The van der Waals surface area contributed by atoms with Gasteiger partial charge in [0.2, 0.25) is 10.0 Å². The largest absolute Gasteiger partial charge is 0.396 e. The van der Waals surface area contributed by atoms with Gasteiger partial charge in [0.05, 0.1) is 18.4 Å². The highest BCUT2D eigenvalue weighted by Gasteiger charge is 2.15. The van der Waals surface area contributed by atoms with Crippen molar-refractivity contribution in [1.29, 1.82) is 0 Å². The number of nitrogen functional groups attached to an aromatic ring is 1. The Morgan fingerprint density at radius 1 is 1.50 bits per heavy atom. The summed E-state index contributed by atoms with van der Waals surface area (Å²) in [6, 6.07) is 3.39. The number of hydrogen-bond acceptors (Lipinski definition) is 5. The summed E-state index contributed by atoms with van der Waals surface area (Å²) < 4.78 is 28.2. The first-order valence-corrected chi connectivity index (χ1v) is 7.61. The molecule has 0 amide bonds. The zero-order chi connectivity index (χ0) is 13.2. The monoisotopic (exact) mass is 286 g/mol. The lowest BCUT2D eigenvalue weighted by Gasteiger charge is -2.04. The molecular formula is C10H14N4O2S2. The molecule has 0 radical (unpaired) electrons. The van der Waals surface area contributed by atoms with Crippen LogP contribution in [-0.2, 0) is 16.6 Å². The molecule has 2 heterocycles. The molecule has 2 aromatic heterocycles. The second-order valence-electron chi connectivity index (χ2n) is 3.80. The molecule has 0 fully saturated rings. The summed E-state index contributed by atoms with van der Waals surface area (Å²) in [5.41, 5.74) is 6.07. The Labute approximate surface area is 109 Å². The van der Waals surface area contributed by atoms with Gasteiger partial charge in [0, 0.05) is 17.6 Å². The lowest BCUT2D eigenvalue weighted by Crippen LogP contribution is -2.26. The predicted octanol–water partition coefficient (Wildman–Crippen LogP) is 0.814. The minimum absolute atomic E-state index is 0.278. The number of nitrogens with one attached hydrogen (secondary N) is 1. The minimum Gasteiger partial charge on any atom is -0.396 e. The Morgan fingerprint density at radius 2 is 2.28 bits per heavy atom. The molecule has 0 aliphatic carbocycles. The smallest absolute Gasteiger partial charge is 0.250 e. The predicted molar refractivity (Wildman–Crippen MR) is 70.9 cm³/mol. The van der Waals surface area contributed by atoms with Crippen LogP contribution in [-0.4, -0.2) is 24.7 Å². The minimum atomic E-state index is -3.41. The molecule has 6 nitrogen and oxygen atoms in total. The van der Waals surface area contributed by atoms with E-state index in [1.807, 2.05) is 6.92 Å². The Morgan fingerprint density at radius 3 is 2.83 bits per heavy atom. The molecule has 8 heteroatoms. The van der Waals surface area contributed by atoms with Crippen LogP contribution in [0.2, 0.25) is 0 Å². The van der Waals surface area contributed by atoms with Gasteiger partial charge in [0.15, 0.2) is 0 Å². The molecule has 0 saturated carbocycles. The van der Waals surface area contributed by atoms with E-state index in [-0.39, 0.29) is 6.54 Å². The Balaban J connectivity index is 1.93. The summed E-state index contributed by atoms with van der Waals surface area (Å²) in [5.74, 6) is 0. The van der Waals surface area contributed by atoms with Crippen molar-refractivity contribution >= 4 is 27.0 Å². The SMILES string of the molecule is Cc1ccc(S(=O)(=O)NCCn2cc(N)cn2)s1. The van der Waals surface area contributed by atoms with Crippen molar-refractivity contribution in [3.05, 3.63) is 29.4 Å². The van der Waals surface area contributed by atoms with E-state index in [9.17, 15) is 8.42 Å². The van der Waals surface area contributed by atoms with Crippen molar-refractivity contribution in [2.24, 2.45) is 0 Å². The number of anilines is 1. The zero-order valence-corrected chi connectivity index (χ0v) is 11.5. The quantitative estimate of drug-likeness (QED) is 0.851. The number of nitrogens with zero attached hydrogens (tertiary/aromatic N) is 2. The third kappa shape index (κ3) is 3.09. The van der Waals surface area contributed by atoms with Gasteiger partial charge in [-0.3, -0.25) is 4.68 Å². The number of nitrogens with two attached hydrogens (primary N) is 1. The average Bonchev–Trinajstić information content (AvgIpc) is 2.88. The van der Waals surface area contributed by atoms with Crippen LogP contribution in [0, 0.1) is 6.92 Å². The summed E-state index contributed by atoms with van der Waals surface area (Å²) in [6.07, 6.45) is 3.18. The lowest BCUT2D eigenvalue weighted by molar-refractivity contribution is 0.562. The van der Waals surface area contributed by atoms with Crippen LogP contribution in [0.1, 0.15) is 4.88 Å². The normalized spacial score (nSPS) is 11.8. The lowest BCUT2D eigenvalue weighted by atomic mass is 10.5. The molecule has 0 spiro atoms. The molecule has 0 bridgehead atoms. The fraction of sp³-hybridized carbons (Fsp3) is 0.300. The van der Waals surface area contributed by atoms with Crippen LogP contribution in [0.25, 0.3) is 0 Å². The van der Waals surface area contributed by atoms with Crippen molar-refractivity contribution in [2.45, 2.75) is 17.7 Å². The Kier molecular flexibility index (Phi) is 3.69. The van der Waals surface area contributed by atoms with E-state index >= 15 is 0 Å². The van der Waals surface area contributed by atoms with Gasteiger partial charge in [-0.25, -0.2) is 13.1 Å². The molecule has 98 valence electrons. The van der Waals surface area contributed by atoms with Crippen LogP contribution in [0.15, 0.2) is 28.7 Å². The maximum Gasteiger partial charge on any atom is 0.250 e. The van der Waals surface area contributed by atoms with E-state index in [4.69, 9.17) is 5.73 Å². The molecule has 0 saturated heterocycles. The van der Waals surface area contributed by atoms with E-state index in [0.717, 1.165) is 4.88 Å². The van der Waals surface area contributed by atoms with Gasteiger partial charge in [0.1, 0.15) is 4.21 Å². The third-order valence-corrected chi connectivity index (χ3v) is 5.22. The number of thiophene rings is 1. The number of aryl methyl sites for hydroxylation is 1. The van der Waals surface area contributed by atoms with E-state index in [1.54, 1.807) is 23.0 Å². The highest BCUT2D eigenvalue weighted by molar-refractivity contribution is 7.91. The standard InChI is InChI=1S/C10H14N4O2S2/c1-8-2-3-10(17-8)18(15,16)13-4-5-14-7-9(11)6-12-14/h2-3,6-7,13H,4-5,11H2,1H3. The van der Waals surface area contributed by atoms with Crippen LogP contribution in [0.4, 0.5) is 5.69 Å². The molecular weight excluding hydrogens is 272 g/mol. The molecule has 0 aliphatic rings. The van der Waals surface area contributed by atoms with Gasteiger partial charge in [0.25, 0.3) is 0 Å². The van der Waals surface area contributed by atoms with Crippen LogP contribution in [0.3, 0.4) is 0 Å². The van der Waals surface area contributed by atoms with Crippen molar-refractivity contribution in [3.63, 3.8) is 0 Å². The maximum atomic E-state index is 11.9.